The first kappa shape index (κ1) is 25.7. The van der Waals surface area contributed by atoms with Crippen LogP contribution in [0, 0.1) is 0 Å². The zero-order valence-electron chi connectivity index (χ0n) is 16.9. The Morgan fingerprint density at radius 3 is 2.33 bits per heavy atom. The maximum atomic E-state index is 13.3. The molecule has 0 heterocycles. The molecular formula is C22H17BrCl3N3O3S. The number of rotatable bonds is 8. The lowest BCUT2D eigenvalue weighted by Crippen LogP contribution is -2.39. The molecule has 6 nitrogen and oxygen atoms in total. The Morgan fingerprint density at radius 1 is 1.00 bits per heavy atom. The summed E-state index contributed by atoms with van der Waals surface area (Å²) in [6.45, 7) is -0.492. The number of halogens is 4. The summed E-state index contributed by atoms with van der Waals surface area (Å²) in [6, 6.07) is 17.9. The fraction of sp³-hybridized carbons (Fsp3) is 0.0909. The second kappa shape index (κ2) is 11.5. The van der Waals surface area contributed by atoms with Gasteiger partial charge < -0.3 is 0 Å². The molecule has 0 spiro atoms. The molecule has 33 heavy (non-hydrogen) atoms. The molecule has 11 heteroatoms. The van der Waals surface area contributed by atoms with E-state index in [-0.39, 0.29) is 11.4 Å². The third kappa shape index (κ3) is 7.02. The van der Waals surface area contributed by atoms with Crippen LogP contribution in [0.15, 0.2) is 81.2 Å². The van der Waals surface area contributed by atoms with E-state index in [1.165, 1.54) is 18.3 Å². The molecule has 0 fully saturated rings. The molecule has 3 aromatic rings. The van der Waals surface area contributed by atoms with E-state index in [4.69, 9.17) is 34.8 Å². The van der Waals surface area contributed by atoms with Crippen LogP contribution in [0.25, 0.3) is 0 Å². The Bertz CT molecular complexity index is 1270. The Balaban J connectivity index is 1.80. The number of hydrogen-bond acceptors (Lipinski definition) is 4. The monoisotopic (exact) mass is 587 g/mol. The highest BCUT2D eigenvalue weighted by molar-refractivity contribution is 9.10. The van der Waals surface area contributed by atoms with E-state index in [2.05, 4.69) is 26.5 Å². The van der Waals surface area contributed by atoms with Crippen molar-refractivity contribution in [3.8, 4) is 0 Å². The van der Waals surface area contributed by atoms with Gasteiger partial charge in [0.2, 0.25) is 10.0 Å². The van der Waals surface area contributed by atoms with Crippen LogP contribution in [-0.2, 0) is 21.4 Å². The number of nitrogens with zero attached hydrogens (tertiary/aromatic N) is 2. The summed E-state index contributed by atoms with van der Waals surface area (Å²) >= 11 is 21.3. The molecule has 0 aliphatic heterocycles. The highest BCUT2D eigenvalue weighted by atomic mass is 79.9. The van der Waals surface area contributed by atoms with Crippen molar-refractivity contribution in [1.29, 1.82) is 0 Å². The highest BCUT2D eigenvalue weighted by Gasteiger charge is 2.27. The van der Waals surface area contributed by atoms with Crippen molar-refractivity contribution >= 4 is 72.9 Å². The Hall–Kier alpha value is -1.94. The average molecular weight is 590 g/mol. The van der Waals surface area contributed by atoms with Crippen molar-refractivity contribution in [3.63, 3.8) is 0 Å². The van der Waals surface area contributed by atoms with Gasteiger partial charge in [0.05, 0.1) is 27.7 Å². The summed E-state index contributed by atoms with van der Waals surface area (Å²) in [5, 5.41) is 5.03. The zero-order valence-corrected chi connectivity index (χ0v) is 21.6. The largest absolute Gasteiger partial charge is 0.272 e. The van der Waals surface area contributed by atoms with E-state index < -0.39 is 22.5 Å². The number of nitrogens with one attached hydrogen (secondary N) is 1. The van der Waals surface area contributed by atoms with Gasteiger partial charge in [-0.2, -0.15) is 9.41 Å². The molecule has 3 aromatic carbocycles. The molecule has 0 atom stereocenters. The lowest BCUT2D eigenvalue weighted by Gasteiger charge is -2.21. The van der Waals surface area contributed by atoms with Crippen molar-refractivity contribution in [2.45, 2.75) is 11.4 Å². The second-order valence-corrected chi connectivity index (χ2v) is 10.9. The number of hydrogen-bond donors (Lipinski definition) is 1. The van der Waals surface area contributed by atoms with Crippen LogP contribution in [0.5, 0.6) is 0 Å². The maximum Gasteiger partial charge on any atom is 0.255 e. The van der Waals surface area contributed by atoms with Crippen LogP contribution >= 0.6 is 50.7 Å². The fourth-order valence-corrected chi connectivity index (χ4v) is 4.90. The van der Waals surface area contributed by atoms with Gasteiger partial charge in [-0.1, -0.05) is 75.0 Å². The normalized spacial score (nSPS) is 11.8. The van der Waals surface area contributed by atoms with E-state index in [0.29, 0.717) is 26.2 Å². The standard InChI is InChI=1S/C22H17BrCl3N3O3S/c23-17-6-10-19(11-7-17)33(31,32)29(13-15-4-8-18(24)9-5-15)14-21(30)28-27-12-16-2-1-3-20(25)22(16)26/h1-12H,13-14H2,(H,28,30)/b27-12-. The number of benzene rings is 3. The van der Waals surface area contributed by atoms with Gasteiger partial charge in [-0.15, -0.1) is 0 Å². The molecule has 0 saturated heterocycles. The first-order valence-corrected chi connectivity index (χ1v) is 12.8. The molecule has 1 N–H and O–H groups in total. The third-order valence-corrected chi connectivity index (χ3v) is 7.84. The molecule has 172 valence electrons. The van der Waals surface area contributed by atoms with Gasteiger partial charge in [-0.25, -0.2) is 13.8 Å². The first-order chi connectivity index (χ1) is 15.7. The molecule has 0 aliphatic carbocycles. The van der Waals surface area contributed by atoms with Gasteiger partial charge in [0.1, 0.15) is 0 Å². The number of hydrazone groups is 1. The third-order valence-electron chi connectivity index (χ3n) is 4.42. The van der Waals surface area contributed by atoms with Crippen molar-refractivity contribution in [3.05, 3.63) is 97.4 Å². The van der Waals surface area contributed by atoms with Gasteiger partial charge in [-0.3, -0.25) is 4.79 Å². The molecule has 0 aliphatic rings. The summed E-state index contributed by atoms with van der Waals surface area (Å²) in [6.07, 6.45) is 1.33. The predicted octanol–water partition coefficient (Wildman–Crippen LogP) is 5.75. The van der Waals surface area contributed by atoms with Gasteiger partial charge in [0, 0.05) is 21.6 Å². The Labute approximate surface area is 215 Å². The Kier molecular flexibility index (Phi) is 8.92. The zero-order chi connectivity index (χ0) is 24.0. The molecule has 0 aromatic heterocycles. The quantitative estimate of drug-likeness (QED) is 0.269. The maximum absolute atomic E-state index is 13.3. The number of carbonyl (C=O) groups excluding carboxylic acids is 1. The SMILES string of the molecule is O=C(CN(Cc1ccc(Cl)cc1)S(=O)(=O)c1ccc(Br)cc1)N/N=C\c1cccc(Cl)c1Cl. The summed E-state index contributed by atoms with van der Waals surface area (Å²) in [5.41, 5.74) is 3.50. The van der Waals surface area contributed by atoms with Crippen LogP contribution in [-0.4, -0.2) is 31.4 Å². The molecule has 0 radical (unpaired) electrons. The molecule has 0 saturated carbocycles. The van der Waals surface area contributed by atoms with E-state index in [0.717, 1.165) is 8.78 Å². The molecule has 0 bridgehead atoms. The average Bonchev–Trinajstić information content (AvgIpc) is 2.78. The van der Waals surface area contributed by atoms with Crippen molar-refractivity contribution < 1.29 is 13.2 Å². The molecule has 1 amide bonds. The second-order valence-electron chi connectivity index (χ2n) is 6.79. The molecular weight excluding hydrogens is 573 g/mol. The lowest BCUT2D eigenvalue weighted by atomic mass is 10.2. The highest BCUT2D eigenvalue weighted by Crippen LogP contribution is 2.24. The van der Waals surface area contributed by atoms with Gasteiger partial charge >= 0.3 is 0 Å². The lowest BCUT2D eigenvalue weighted by molar-refractivity contribution is -0.121. The minimum atomic E-state index is -3.98. The van der Waals surface area contributed by atoms with Gasteiger partial charge in [0.25, 0.3) is 5.91 Å². The van der Waals surface area contributed by atoms with Crippen LogP contribution in [0.2, 0.25) is 15.1 Å². The summed E-state index contributed by atoms with van der Waals surface area (Å²) in [7, 11) is -3.98. The van der Waals surface area contributed by atoms with Crippen LogP contribution < -0.4 is 5.43 Å². The van der Waals surface area contributed by atoms with Crippen LogP contribution in [0.3, 0.4) is 0 Å². The van der Waals surface area contributed by atoms with E-state index >= 15 is 0 Å². The first-order valence-electron chi connectivity index (χ1n) is 9.43. The summed E-state index contributed by atoms with van der Waals surface area (Å²) in [5.74, 6) is -0.626. The number of carbonyl (C=O) groups is 1. The smallest absolute Gasteiger partial charge is 0.255 e. The Morgan fingerprint density at radius 2 is 1.67 bits per heavy atom. The number of amides is 1. The van der Waals surface area contributed by atoms with Crippen molar-refractivity contribution in [1.82, 2.24) is 9.73 Å². The predicted molar refractivity (Wildman–Crippen MR) is 135 cm³/mol. The summed E-state index contributed by atoms with van der Waals surface area (Å²) < 4.78 is 28.3. The topological polar surface area (TPSA) is 78.8 Å². The number of sulfonamides is 1. The van der Waals surface area contributed by atoms with Gasteiger partial charge in [-0.05, 0) is 48.0 Å². The molecule has 3 rings (SSSR count). The van der Waals surface area contributed by atoms with E-state index in [9.17, 15) is 13.2 Å². The van der Waals surface area contributed by atoms with E-state index in [1.54, 1.807) is 54.6 Å². The van der Waals surface area contributed by atoms with Crippen LogP contribution in [0.1, 0.15) is 11.1 Å². The molecule has 0 unspecified atom stereocenters. The van der Waals surface area contributed by atoms with Crippen molar-refractivity contribution in [2.75, 3.05) is 6.54 Å². The minimum Gasteiger partial charge on any atom is -0.272 e. The van der Waals surface area contributed by atoms with Crippen LogP contribution in [0.4, 0.5) is 0 Å². The summed E-state index contributed by atoms with van der Waals surface area (Å²) in [4.78, 5) is 12.6. The van der Waals surface area contributed by atoms with Gasteiger partial charge in [0.15, 0.2) is 0 Å². The van der Waals surface area contributed by atoms with E-state index in [1.807, 2.05) is 0 Å². The minimum absolute atomic E-state index is 0.0349. The fourth-order valence-electron chi connectivity index (χ4n) is 2.76. The van der Waals surface area contributed by atoms with Crippen molar-refractivity contribution in [2.24, 2.45) is 5.10 Å².